The van der Waals surface area contributed by atoms with Gasteiger partial charge in [-0.2, -0.15) is 0 Å². The van der Waals surface area contributed by atoms with Crippen LogP contribution in [0.25, 0.3) is 33.3 Å². The zero-order chi connectivity index (χ0) is 32.6. The maximum absolute atomic E-state index is 12.9. The fourth-order valence-electron chi connectivity index (χ4n) is 9.45. The number of carbonyl (C=O) groups is 1. The molecular formula is C41H47N5O2. The topological polar surface area (TPSA) is 82.6 Å². The van der Waals surface area contributed by atoms with E-state index in [9.17, 15) is 4.79 Å². The summed E-state index contributed by atoms with van der Waals surface area (Å²) in [7, 11) is 0. The number of carbonyl (C=O) groups excluding carboxylic acids is 1. The summed E-state index contributed by atoms with van der Waals surface area (Å²) in [6, 6.07) is 20.9. The minimum atomic E-state index is -0.507. The summed E-state index contributed by atoms with van der Waals surface area (Å²) in [5.41, 5.74) is 11.6. The number of amidine groups is 1. The van der Waals surface area contributed by atoms with E-state index in [-0.39, 0.29) is 18.2 Å². The Hall–Kier alpha value is -4.13. The molecule has 0 radical (unpaired) electrons. The molecule has 7 heteroatoms. The first-order valence-corrected chi connectivity index (χ1v) is 18.4. The Bertz CT molecular complexity index is 1910. The first-order chi connectivity index (χ1) is 23.3. The van der Waals surface area contributed by atoms with E-state index < -0.39 is 5.60 Å². The standard InChI is InChI=1S/C41H47N5O2/c1-41(2,3)48-40(47)46-20-6-9-35(46)39-42-23-34(45-39)25-12-10-24(11-13-25)30-17-18-31(37-29-15-14-28(21-29)36(30)37)27-16-19-32-33(22-27)44-38(43-32)26-7-4-5-8-26/h10-13,16-19,22,26,28-29,34-35H,4-9,14-15,20-21,23H2,1-3H3,(H,42,45)(H,43,44)/t28?,29?,34?,35-/m0/s1. The molecule has 3 aliphatic carbocycles. The number of likely N-dealkylation sites (tertiary alicyclic amines) is 1. The fraction of sp³-hybridized carbons (Fsp3) is 0.488. The number of aromatic nitrogens is 2. The lowest BCUT2D eigenvalue weighted by atomic mass is 9.81. The number of fused-ring (bicyclic) bond motifs is 6. The first kappa shape index (κ1) is 30.0. The van der Waals surface area contributed by atoms with E-state index in [4.69, 9.17) is 14.7 Å². The van der Waals surface area contributed by atoms with E-state index in [2.05, 4.69) is 64.9 Å². The Morgan fingerprint density at radius 2 is 1.54 bits per heavy atom. The van der Waals surface area contributed by atoms with Crippen molar-refractivity contribution in [1.82, 2.24) is 20.2 Å². The number of ether oxygens (including phenoxy) is 1. The highest BCUT2D eigenvalue weighted by atomic mass is 16.6. The van der Waals surface area contributed by atoms with Gasteiger partial charge in [0.25, 0.3) is 0 Å². The van der Waals surface area contributed by atoms with Crippen molar-refractivity contribution in [2.24, 2.45) is 4.99 Å². The van der Waals surface area contributed by atoms with E-state index in [1.807, 2.05) is 25.7 Å². The molecule has 2 saturated carbocycles. The quantitative estimate of drug-likeness (QED) is 0.228. The van der Waals surface area contributed by atoms with Gasteiger partial charge in [0.1, 0.15) is 17.3 Å². The summed E-state index contributed by atoms with van der Waals surface area (Å²) in [4.78, 5) is 28.3. The third-order valence-electron chi connectivity index (χ3n) is 11.7. The summed E-state index contributed by atoms with van der Waals surface area (Å²) in [6.45, 7) is 7.15. The number of benzene rings is 3. The van der Waals surface area contributed by atoms with E-state index in [0.717, 1.165) is 24.2 Å². The molecule has 3 heterocycles. The highest BCUT2D eigenvalue weighted by molar-refractivity contribution is 5.92. The SMILES string of the molecule is CC(C)(C)OC(=O)N1CCC[C@H]1C1=NCC(c2ccc(-c3ccc(-c4ccc5nc(C6CCCC6)[nH]c5c4)c4c3C3CCC4C3)cc2)N1. The van der Waals surface area contributed by atoms with Crippen LogP contribution in [0.15, 0.2) is 59.6 Å². The van der Waals surface area contributed by atoms with Crippen molar-refractivity contribution in [2.75, 3.05) is 13.1 Å². The van der Waals surface area contributed by atoms with Crippen molar-refractivity contribution in [3.05, 3.63) is 77.1 Å². The van der Waals surface area contributed by atoms with Gasteiger partial charge in [0.05, 0.1) is 29.7 Å². The van der Waals surface area contributed by atoms with Crippen LogP contribution in [0, 0.1) is 0 Å². The van der Waals surface area contributed by atoms with Gasteiger partial charge in [-0.1, -0.05) is 55.3 Å². The Labute approximate surface area is 283 Å². The van der Waals surface area contributed by atoms with Crippen LogP contribution in [-0.2, 0) is 4.74 Å². The molecule has 0 spiro atoms. The molecule has 1 saturated heterocycles. The molecule has 2 bridgehead atoms. The van der Waals surface area contributed by atoms with Crippen molar-refractivity contribution in [1.29, 1.82) is 0 Å². The van der Waals surface area contributed by atoms with Crippen LogP contribution in [0.4, 0.5) is 4.79 Å². The summed E-state index contributed by atoms with van der Waals surface area (Å²) >= 11 is 0. The Balaban J connectivity index is 0.956. The zero-order valence-corrected chi connectivity index (χ0v) is 28.5. The van der Waals surface area contributed by atoms with Crippen LogP contribution in [0.5, 0.6) is 0 Å². The predicted molar refractivity (Wildman–Crippen MR) is 192 cm³/mol. The third kappa shape index (κ3) is 5.21. The summed E-state index contributed by atoms with van der Waals surface area (Å²) < 4.78 is 5.70. The number of imidazole rings is 1. The Morgan fingerprint density at radius 3 is 2.27 bits per heavy atom. The predicted octanol–water partition coefficient (Wildman–Crippen LogP) is 9.36. The molecule has 9 rings (SSSR count). The number of nitrogens with one attached hydrogen (secondary N) is 2. The average Bonchev–Trinajstić information content (AvgIpc) is 3.92. The molecule has 7 nitrogen and oxygen atoms in total. The van der Waals surface area contributed by atoms with E-state index in [0.29, 0.717) is 30.8 Å². The first-order valence-electron chi connectivity index (χ1n) is 18.4. The van der Waals surface area contributed by atoms with Gasteiger partial charge in [0, 0.05) is 12.5 Å². The van der Waals surface area contributed by atoms with Crippen molar-refractivity contribution >= 4 is 23.0 Å². The number of H-pyrrole nitrogens is 1. The lowest BCUT2D eigenvalue weighted by Crippen LogP contribution is -2.46. The van der Waals surface area contributed by atoms with Crippen molar-refractivity contribution < 1.29 is 9.53 Å². The number of aliphatic imine (C=N–C) groups is 1. The number of hydrogen-bond acceptors (Lipinski definition) is 5. The van der Waals surface area contributed by atoms with Crippen LogP contribution < -0.4 is 5.32 Å². The normalized spacial score (nSPS) is 25.1. The van der Waals surface area contributed by atoms with Crippen molar-refractivity contribution in [3.63, 3.8) is 0 Å². The van der Waals surface area contributed by atoms with Crippen molar-refractivity contribution in [3.8, 4) is 22.3 Å². The second kappa shape index (κ2) is 11.5. The number of nitrogens with zero attached hydrogens (tertiary/aromatic N) is 3. The molecule has 1 aromatic heterocycles. The van der Waals surface area contributed by atoms with Gasteiger partial charge in [-0.25, -0.2) is 9.78 Å². The molecule has 1 amide bonds. The Kier molecular flexibility index (Phi) is 7.17. The lowest BCUT2D eigenvalue weighted by molar-refractivity contribution is 0.0264. The maximum atomic E-state index is 12.9. The molecule has 48 heavy (non-hydrogen) atoms. The highest BCUT2D eigenvalue weighted by Crippen LogP contribution is 2.58. The van der Waals surface area contributed by atoms with Gasteiger partial charge in [-0.3, -0.25) is 9.89 Å². The van der Waals surface area contributed by atoms with Gasteiger partial charge >= 0.3 is 6.09 Å². The molecule has 248 valence electrons. The van der Waals surface area contributed by atoms with Crippen LogP contribution in [0.3, 0.4) is 0 Å². The second-order valence-electron chi connectivity index (χ2n) is 15.9. The van der Waals surface area contributed by atoms with Crippen LogP contribution in [0.2, 0.25) is 0 Å². The maximum Gasteiger partial charge on any atom is 0.410 e. The largest absolute Gasteiger partial charge is 0.444 e. The molecular weight excluding hydrogens is 594 g/mol. The molecule has 2 aliphatic heterocycles. The van der Waals surface area contributed by atoms with Gasteiger partial charge < -0.3 is 15.0 Å². The highest BCUT2D eigenvalue weighted by Gasteiger charge is 2.41. The van der Waals surface area contributed by atoms with Gasteiger partial charge in [0.2, 0.25) is 0 Å². The van der Waals surface area contributed by atoms with Crippen LogP contribution in [-0.4, -0.2) is 51.5 Å². The minimum absolute atomic E-state index is 0.0380. The molecule has 3 fully saturated rings. The number of hydrogen-bond donors (Lipinski definition) is 2. The molecule has 5 aliphatic rings. The van der Waals surface area contributed by atoms with Gasteiger partial charge in [-0.15, -0.1) is 0 Å². The van der Waals surface area contributed by atoms with Crippen LogP contribution in [0.1, 0.15) is 125 Å². The number of amides is 1. The average molecular weight is 642 g/mol. The Morgan fingerprint density at radius 1 is 0.833 bits per heavy atom. The number of aromatic amines is 1. The van der Waals surface area contributed by atoms with E-state index in [1.54, 1.807) is 11.1 Å². The monoisotopic (exact) mass is 641 g/mol. The summed E-state index contributed by atoms with van der Waals surface area (Å²) in [6.07, 6.45) is 10.7. The molecule has 3 aromatic carbocycles. The molecule has 4 atom stereocenters. The lowest BCUT2D eigenvalue weighted by Gasteiger charge is -2.29. The van der Waals surface area contributed by atoms with Gasteiger partial charge in [-0.05, 0) is 129 Å². The fourth-order valence-corrected chi connectivity index (χ4v) is 9.45. The molecule has 4 aromatic rings. The van der Waals surface area contributed by atoms with E-state index >= 15 is 0 Å². The summed E-state index contributed by atoms with van der Waals surface area (Å²) in [5, 5.41) is 3.67. The third-order valence-corrected chi connectivity index (χ3v) is 11.7. The molecule has 2 N–H and O–H groups in total. The molecule has 3 unspecified atom stereocenters. The second-order valence-corrected chi connectivity index (χ2v) is 15.9. The minimum Gasteiger partial charge on any atom is -0.444 e. The van der Waals surface area contributed by atoms with Crippen molar-refractivity contribution in [2.45, 2.75) is 114 Å². The van der Waals surface area contributed by atoms with Gasteiger partial charge in [0.15, 0.2) is 0 Å². The zero-order valence-electron chi connectivity index (χ0n) is 28.5. The smallest absolute Gasteiger partial charge is 0.410 e. The number of rotatable bonds is 5. The van der Waals surface area contributed by atoms with Crippen LogP contribution >= 0.6 is 0 Å². The van der Waals surface area contributed by atoms with E-state index in [1.165, 1.54) is 84.1 Å². The summed E-state index contributed by atoms with van der Waals surface area (Å²) in [5.74, 6) is 3.99.